The van der Waals surface area contributed by atoms with Gasteiger partial charge in [0.2, 0.25) is 5.71 Å². The Morgan fingerprint density at radius 1 is 1.06 bits per heavy atom. The molecule has 0 aliphatic rings. The number of aryl methyl sites for hydroxylation is 2. The second-order valence-corrected chi connectivity index (χ2v) is 8.74. The molecule has 3 aromatic rings. The highest BCUT2D eigenvalue weighted by Gasteiger charge is 2.17. The number of hydrazone groups is 1. The third-order valence-electron chi connectivity index (χ3n) is 4.39. The lowest BCUT2D eigenvalue weighted by molar-refractivity contribution is -0.110. The van der Waals surface area contributed by atoms with Crippen LogP contribution in [0.4, 0.5) is 17.2 Å². The fourth-order valence-electron chi connectivity index (χ4n) is 2.88. The van der Waals surface area contributed by atoms with E-state index in [4.69, 9.17) is 0 Å². The zero-order chi connectivity index (χ0) is 25.6. The maximum absolute atomic E-state index is 12.6. The summed E-state index contributed by atoms with van der Waals surface area (Å²) in [6, 6.07) is 14.2. The minimum absolute atomic E-state index is 0.00378. The molecule has 0 radical (unpaired) electrons. The maximum atomic E-state index is 12.6. The number of hydrogen-bond donors (Lipinski definition) is 4. The smallest absolute Gasteiger partial charge is 0.337 e. The van der Waals surface area contributed by atoms with E-state index in [2.05, 4.69) is 30.5 Å². The zero-order valence-electron chi connectivity index (χ0n) is 18.5. The quantitative estimate of drug-likeness (QED) is 0.270. The highest BCUT2D eigenvalue weighted by Crippen LogP contribution is 2.18. The number of aromatic nitrogens is 2. The minimum Gasteiger partial charge on any atom is -0.478 e. The van der Waals surface area contributed by atoms with Gasteiger partial charge in [-0.3, -0.25) is 14.9 Å². The highest BCUT2D eigenvalue weighted by atomic mass is 32.2. The van der Waals surface area contributed by atoms with Gasteiger partial charge in [-0.15, -0.1) is 0 Å². The van der Waals surface area contributed by atoms with Crippen LogP contribution in [0.3, 0.4) is 0 Å². The van der Waals surface area contributed by atoms with Crippen molar-refractivity contribution in [1.29, 1.82) is 5.26 Å². The van der Waals surface area contributed by atoms with Crippen LogP contribution in [0.1, 0.15) is 21.9 Å². The first-order valence-electron chi connectivity index (χ1n) is 9.91. The van der Waals surface area contributed by atoms with Crippen LogP contribution in [-0.2, 0) is 14.8 Å². The summed E-state index contributed by atoms with van der Waals surface area (Å²) in [6.07, 6.45) is 0. The molecule has 0 unspecified atom stereocenters. The summed E-state index contributed by atoms with van der Waals surface area (Å²) >= 11 is 0. The first kappa shape index (κ1) is 24.8. The molecule has 2 aromatic carbocycles. The molecule has 0 bridgehead atoms. The Morgan fingerprint density at radius 2 is 1.74 bits per heavy atom. The Morgan fingerprint density at radius 3 is 2.37 bits per heavy atom. The molecule has 178 valence electrons. The van der Waals surface area contributed by atoms with Gasteiger partial charge in [-0.25, -0.2) is 23.2 Å². The fraction of sp³-hybridized carbons (Fsp3) is 0.0909. The van der Waals surface area contributed by atoms with Gasteiger partial charge in [-0.05, 0) is 50.2 Å². The number of amides is 1. The third-order valence-corrected chi connectivity index (χ3v) is 5.76. The van der Waals surface area contributed by atoms with E-state index in [-0.39, 0.29) is 22.0 Å². The standard InChI is InChI=1S/C22H19N7O5S/c1-13-11-20(25-14(2)24-13)29-35(33,34)16-9-7-15(8-10-16)27-28-19(12-23)21(30)26-18-6-4-3-5-17(18)22(31)32/h3-11,27H,1-2H3,(H,26,30)(H,31,32)(H,24,25,29)/b28-19-. The lowest BCUT2D eigenvalue weighted by atomic mass is 10.1. The lowest BCUT2D eigenvalue weighted by Crippen LogP contribution is -2.23. The molecule has 0 atom stereocenters. The van der Waals surface area contributed by atoms with Gasteiger partial charge in [-0.2, -0.15) is 10.4 Å². The summed E-state index contributed by atoms with van der Waals surface area (Å²) in [5, 5.41) is 24.5. The van der Waals surface area contributed by atoms with E-state index in [1.807, 2.05) is 0 Å². The Hall–Kier alpha value is -4.83. The van der Waals surface area contributed by atoms with E-state index < -0.39 is 27.6 Å². The number of carboxylic acid groups (broad SMARTS) is 1. The number of carbonyl (C=O) groups is 2. The molecule has 3 rings (SSSR count). The number of rotatable bonds is 8. The van der Waals surface area contributed by atoms with Crippen molar-refractivity contribution in [3.05, 3.63) is 71.7 Å². The number of benzene rings is 2. The molecular weight excluding hydrogens is 474 g/mol. The number of para-hydroxylation sites is 1. The van der Waals surface area contributed by atoms with Crippen LogP contribution >= 0.6 is 0 Å². The Labute approximate surface area is 200 Å². The van der Waals surface area contributed by atoms with Gasteiger partial charge < -0.3 is 10.4 Å². The van der Waals surface area contributed by atoms with Gasteiger partial charge in [0.25, 0.3) is 15.9 Å². The van der Waals surface area contributed by atoms with Crippen LogP contribution in [0.25, 0.3) is 0 Å². The average Bonchev–Trinajstić information content (AvgIpc) is 2.79. The second kappa shape index (κ2) is 10.4. The molecule has 0 saturated carbocycles. The maximum Gasteiger partial charge on any atom is 0.337 e. The summed E-state index contributed by atoms with van der Waals surface area (Å²) < 4.78 is 27.6. The molecule has 4 N–H and O–H groups in total. The van der Waals surface area contributed by atoms with Crippen molar-refractivity contribution in [3.63, 3.8) is 0 Å². The van der Waals surface area contributed by atoms with E-state index in [9.17, 15) is 28.4 Å². The molecule has 35 heavy (non-hydrogen) atoms. The molecule has 0 aliphatic carbocycles. The Kier molecular flexibility index (Phi) is 7.37. The van der Waals surface area contributed by atoms with Crippen molar-refractivity contribution in [2.75, 3.05) is 15.5 Å². The van der Waals surface area contributed by atoms with Crippen LogP contribution in [-0.4, -0.2) is 41.1 Å². The van der Waals surface area contributed by atoms with Crippen molar-refractivity contribution in [3.8, 4) is 6.07 Å². The second-order valence-electron chi connectivity index (χ2n) is 7.06. The Balaban J connectivity index is 1.71. The average molecular weight is 494 g/mol. The molecule has 13 heteroatoms. The van der Waals surface area contributed by atoms with Crippen LogP contribution in [0.15, 0.2) is 64.6 Å². The summed E-state index contributed by atoms with van der Waals surface area (Å²) in [7, 11) is -3.93. The van der Waals surface area contributed by atoms with E-state index in [1.54, 1.807) is 19.9 Å². The molecule has 12 nitrogen and oxygen atoms in total. The normalized spacial score (nSPS) is 11.3. The third kappa shape index (κ3) is 6.36. The van der Waals surface area contributed by atoms with Gasteiger partial charge in [0.1, 0.15) is 17.7 Å². The van der Waals surface area contributed by atoms with Crippen molar-refractivity contribution in [2.24, 2.45) is 5.10 Å². The van der Waals surface area contributed by atoms with E-state index >= 15 is 0 Å². The minimum atomic E-state index is -3.93. The molecule has 0 saturated heterocycles. The van der Waals surface area contributed by atoms with Gasteiger partial charge >= 0.3 is 5.97 Å². The number of nitriles is 1. The molecule has 0 spiro atoms. The van der Waals surface area contributed by atoms with Crippen molar-refractivity contribution in [1.82, 2.24) is 9.97 Å². The van der Waals surface area contributed by atoms with Crippen LogP contribution < -0.4 is 15.5 Å². The molecule has 0 aliphatic heterocycles. The Bertz CT molecular complexity index is 1440. The summed E-state index contributed by atoms with van der Waals surface area (Å²) in [6.45, 7) is 3.36. The number of carboxylic acids is 1. The monoisotopic (exact) mass is 493 g/mol. The molecular formula is C22H19N7O5S. The largest absolute Gasteiger partial charge is 0.478 e. The number of nitrogens with one attached hydrogen (secondary N) is 3. The first-order chi connectivity index (χ1) is 16.6. The predicted molar refractivity (Wildman–Crippen MR) is 127 cm³/mol. The van der Waals surface area contributed by atoms with Gasteiger partial charge in [0, 0.05) is 11.8 Å². The SMILES string of the molecule is Cc1cc(NS(=O)(=O)c2ccc(N/N=C(/C#N)C(=O)Nc3ccccc3C(=O)O)cc2)nc(C)n1. The molecule has 1 heterocycles. The number of nitrogens with zero attached hydrogens (tertiary/aromatic N) is 4. The number of hydrogen-bond acceptors (Lipinski definition) is 9. The van der Waals surface area contributed by atoms with E-state index in [1.165, 1.54) is 54.6 Å². The number of sulfonamides is 1. The zero-order valence-corrected chi connectivity index (χ0v) is 19.3. The molecule has 0 fully saturated rings. The topological polar surface area (TPSA) is 187 Å². The van der Waals surface area contributed by atoms with E-state index in [0.29, 0.717) is 17.2 Å². The van der Waals surface area contributed by atoms with Crippen LogP contribution in [0.5, 0.6) is 0 Å². The van der Waals surface area contributed by atoms with Crippen LogP contribution in [0, 0.1) is 25.2 Å². The first-order valence-corrected chi connectivity index (χ1v) is 11.4. The predicted octanol–water partition coefficient (Wildman–Crippen LogP) is 2.52. The van der Waals surface area contributed by atoms with Gasteiger partial charge in [0.15, 0.2) is 0 Å². The molecule has 1 amide bonds. The van der Waals surface area contributed by atoms with Crippen LogP contribution in [0.2, 0.25) is 0 Å². The fourth-order valence-corrected chi connectivity index (χ4v) is 3.87. The number of aromatic carboxylic acids is 1. The van der Waals surface area contributed by atoms with Gasteiger partial charge in [0.05, 0.1) is 21.8 Å². The lowest BCUT2D eigenvalue weighted by Gasteiger charge is -2.09. The summed E-state index contributed by atoms with van der Waals surface area (Å²) in [5.41, 5.74) is 2.68. The van der Waals surface area contributed by atoms with Crippen molar-refractivity contribution >= 4 is 44.8 Å². The summed E-state index contributed by atoms with van der Waals surface area (Å²) in [5.74, 6) is -1.61. The van der Waals surface area contributed by atoms with Crippen molar-refractivity contribution < 1.29 is 23.1 Å². The van der Waals surface area contributed by atoms with E-state index in [0.717, 1.165) is 0 Å². The molecule has 1 aromatic heterocycles. The summed E-state index contributed by atoms with van der Waals surface area (Å²) in [4.78, 5) is 31.7. The highest BCUT2D eigenvalue weighted by molar-refractivity contribution is 7.92. The van der Waals surface area contributed by atoms with Gasteiger partial charge in [-0.1, -0.05) is 12.1 Å². The number of anilines is 3. The van der Waals surface area contributed by atoms with Crippen molar-refractivity contribution in [2.45, 2.75) is 18.7 Å². The number of carbonyl (C=O) groups excluding carboxylic acids is 1.